The van der Waals surface area contributed by atoms with E-state index < -0.39 is 22.5 Å². The van der Waals surface area contributed by atoms with E-state index in [2.05, 4.69) is 9.97 Å². The monoisotopic (exact) mass is 373 g/mol. The fraction of sp³-hybridized carbons (Fsp3) is 0.200. The molecule has 0 bridgehead atoms. The van der Waals surface area contributed by atoms with Crippen LogP contribution in [0.2, 0.25) is 5.15 Å². The van der Waals surface area contributed by atoms with Gasteiger partial charge in [-0.25, -0.2) is 9.97 Å². The molecule has 4 nitrogen and oxygen atoms in total. The highest BCUT2D eigenvalue weighted by Crippen LogP contribution is 2.36. The maximum Gasteiger partial charge on any atom is 0.416 e. The summed E-state index contributed by atoms with van der Waals surface area (Å²) in [5.74, 6) is 0.419. The van der Waals surface area contributed by atoms with Crippen molar-refractivity contribution in [2.24, 2.45) is 0 Å². The first kappa shape index (κ1) is 16.9. The van der Waals surface area contributed by atoms with E-state index in [1.807, 2.05) is 0 Å². The van der Waals surface area contributed by atoms with Crippen LogP contribution in [0.15, 0.2) is 35.5 Å². The molecule has 0 saturated carbocycles. The van der Waals surface area contributed by atoms with Crippen molar-refractivity contribution in [1.29, 1.82) is 0 Å². The summed E-state index contributed by atoms with van der Waals surface area (Å²) < 4.78 is 49.7. The number of alkyl halides is 3. The first-order valence-corrected chi connectivity index (χ1v) is 8.73. The van der Waals surface area contributed by atoms with E-state index in [0.717, 1.165) is 12.1 Å². The Morgan fingerprint density at radius 3 is 2.46 bits per heavy atom. The first-order chi connectivity index (χ1) is 11.3. The molecule has 1 atom stereocenters. The predicted molar refractivity (Wildman–Crippen MR) is 86.9 cm³/mol. The van der Waals surface area contributed by atoms with Crippen LogP contribution in [0.5, 0.6) is 0 Å². The lowest BCUT2D eigenvalue weighted by Gasteiger charge is -2.27. The van der Waals surface area contributed by atoms with E-state index in [-0.39, 0.29) is 10.3 Å². The van der Waals surface area contributed by atoms with Gasteiger partial charge >= 0.3 is 6.18 Å². The Kier molecular flexibility index (Phi) is 4.35. The SMILES string of the molecule is CS(=O)c1nc(Cl)c2c(n1)N(c1ccc(C(F)(F)F)cc1)CC=C2. The van der Waals surface area contributed by atoms with Gasteiger partial charge in [0, 0.05) is 18.5 Å². The minimum absolute atomic E-state index is 0.0750. The number of halogens is 4. The lowest BCUT2D eigenvalue weighted by atomic mass is 10.1. The lowest BCUT2D eigenvalue weighted by molar-refractivity contribution is -0.137. The minimum atomic E-state index is -4.39. The zero-order valence-electron chi connectivity index (χ0n) is 12.3. The van der Waals surface area contributed by atoms with Gasteiger partial charge in [0.15, 0.2) is 0 Å². The fourth-order valence-corrected chi connectivity index (χ4v) is 3.02. The third kappa shape index (κ3) is 3.16. The van der Waals surface area contributed by atoms with Crippen LogP contribution in [0.3, 0.4) is 0 Å². The van der Waals surface area contributed by atoms with E-state index in [4.69, 9.17) is 11.6 Å². The number of hydrogen-bond donors (Lipinski definition) is 0. The van der Waals surface area contributed by atoms with Crippen LogP contribution >= 0.6 is 11.6 Å². The number of aromatic nitrogens is 2. The molecule has 1 aromatic carbocycles. The van der Waals surface area contributed by atoms with E-state index in [1.54, 1.807) is 17.1 Å². The number of fused-ring (bicyclic) bond motifs is 1. The van der Waals surface area contributed by atoms with Crippen LogP contribution in [-0.2, 0) is 17.0 Å². The summed E-state index contributed by atoms with van der Waals surface area (Å²) in [6.07, 6.45) is 0.577. The summed E-state index contributed by atoms with van der Waals surface area (Å²) >= 11 is 6.12. The Morgan fingerprint density at radius 2 is 1.88 bits per heavy atom. The van der Waals surface area contributed by atoms with Crippen LogP contribution in [0.4, 0.5) is 24.7 Å². The maximum absolute atomic E-state index is 12.7. The molecule has 1 aliphatic heterocycles. The Bertz CT molecular complexity index is 837. The molecule has 0 saturated heterocycles. The van der Waals surface area contributed by atoms with E-state index in [1.165, 1.54) is 18.4 Å². The number of hydrogen-bond acceptors (Lipinski definition) is 4. The molecule has 2 aromatic rings. The summed E-state index contributed by atoms with van der Waals surface area (Å²) in [5, 5.41) is 0.226. The number of rotatable bonds is 2. The third-order valence-electron chi connectivity index (χ3n) is 3.45. The van der Waals surface area contributed by atoms with Crippen molar-refractivity contribution in [3.63, 3.8) is 0 Å². The van der Waals surface area contributed by atoms with Crippen molar-refractivity contribution in [2.75, 3.05) is 17.7 Å². The Balaban J connectivity index is 2.06. The van der Waals surface area contributed by atoms with Gasteiger partial charge < -0.3 is 4.90 Å². The molecule has 0 amide bonds. The molecule has 0 N–H and O–H groups in total. The van der Waals surface area contributed by atoms with Crippen molar-refractivity contribution >= 4 is 40.0 Å². The van der Waals surface area contributed by atoms with E-state index in [9.17, 15) is 17.4 Å². The van der Waals surface area contributed by atoms with Crippen LogP contribution in [-0.4, -0.2) is 27.0 Å². The third-order valence-corrected chi connectivity index (χ3v) is 4.43. The molecule has 9 heteroatoms. The largest absolute Gasteiger partial charge is 0.416 e. The average molecular weight is 374 g/mol. The van der Waals surface area contributed by atoms with Gasteiger partial charge in [-0.3, -0.25) is 4.21 Å². The molecule has 0 radical (unpaired) electrons. The lowest BCUT2D eigenvalue weighted by Crippen LogP contribution is -2.23. The maximum atomic E-state index is 12.7. The van der Waals surface area contributed by atoms with Gasteiger partial charge in [0.25, 0.3) is 0 Å². The molecule has 0 spiro atoms. The Labute approximate surface area is 143 Å². The molecule has 3 rings (SSSR count). The smallest absolute Gasteiger partial charge is 0.322 e. The second-order valence-corrected chi connectivity index (χ2v) is 6.68. The molecular formula is C15H11ClF3N3OS. The number of nitrogens with zero attached hydrogens (tertiary/aromatic N) is 3. The molecule has 1 aromatic heterocycles. The highest BCUT2D eigenvalue weighted by molar-refractivity contribution is 7.84. The summed E-state index contributed by atoms with van der Waals surface area (Å²) in [5.41, 5.74) is 0.336. The van der Waals surface area contributed by atoms with E-state index >= 15 is 0 Å². The van der Waals surface area contributed by atoms with Gasteiger partial charge in [-0.05, 0) is 24.3 Å². The van der Waals surface area contributed by atoms with Crippen molar-refractivity contribution in [1.82, 2.24) is 9.97 Å². The standard InChI is InChI=1S/C15H11ClF3N3OS/c1-24(23)14-20-12(16)11-3-2-8-22(13(11)21-14)10-6-4-9(5-7-10)15(17,18)19/h2-7H,8H2,1H3. The molecular weight excluding hydrogens is 363 g/mol. The highest BCUT2D eigenvalue weighted by atomic mass is 35.5. The van der Waals surface area contributed by atoms with Gasteiger partial charge in [0.1, 0.15) is 11.0 Å². The quantitative estimate of drug-likeness (QED) is 0.588. The van der Waals surface area contributed by atoms with Crippen LogP contribution in [0.1, 0.15) is 11.1 Å². The normalized spacial score (nSPS) is 15.3. The molecule has 1 aliphatic rings. The highest BCUT2D eigenvalue weighted by Gasteiger charge is 2.30. The summed E-state index contributed by atoms with van der Waals surface area (Å²) in [7, 11) is -1.43. The van der Waals surface area contributed by atoms with Crippen LogP contribution < -0.4 is 4.90 Å². The second-order valence-electron chi connectivity index (χ2n) is 5.05. The Morgan fingerprint density at radius 1 is 1.21 bits per heavy atom. The van der Waals surface area contributed by atoms with Crippen molar-refractivity contribution in [3.05, 3.63) is 46.6 Å². The Hall–Kier alpha value is -1.93. The summed E-state index contributed by atoms with van der Waals surface area (Å²) in [6.45, 7) is 0.404. The van der Waals surface area contributed by atoms with Gasteiger partial charge in [0.05, 0.1) is 21.9 Å². The van der Waals surface area contributed by atoms with Crippen molar-refractivity contribution in [3.8, 4) is 0 Å². The predicted octanol–water partition coefficient (Wildman–Crippen LogP) is 4.05. The second kappa shape index (κ2) is 6.18. The number of benzene rings is 1. The van der Waals surface area contributed by atoms with Gasteiger partial charge in [0.2, 0.25) is 5.16 Å². The van der Waals surface area contributed by atoms with Crippen LogP contribution in [0, 0.1) is 0 Å². The molecule has 1 unspecified atom stereocenters. The van der Waals surface area contributed by atoms with Gasteiger partial charge in [-0.15, -0.1) is 0 Å². The van der Waals surface area contributed by atoms with Crippen molar-refractivity contribution < 1.29 is 17.4 Å². The molecule has 0 aliphatic carbocycles. The topological polar surface area (TPSA) is 46.1 Å². The molecule has 24 heavy (non-hydrogen) atoms. The first-order valence-electron chi connectivity index (χ1n) is 6.79. The summed E-state index contributed by atoms with van der Waals surface area (Å²) in [4.78, 5) is 9.94. The molecule has 2 heterocycles. The zero-order valence-corrected chi connectivity index (χ0v) is 13.9. The van der Waals surface area contributed by atoms with E-state index in [0.29, 0.717) is 23.6 Å². The fourth-order valence-electron chi connectivity index (χ4n) is 2.31. The van der Waals surface area contributed by atoms with Gasteiger partial charge in [-0.2, -0.15) is 13.2 Å². The van der Waals surface area contributed by atoms with Gasteiger partial charge in [-0.1, -0.05) is 23.8 Å². The van der Waals surface area contributed by atoms with Crippen molar-refractivity contribution in [2.45, 2.75) is 11.3 Å². The zero-order chi connectivity index (χ0) is 17.5. The molecule has 126 valence electrons. The molecule has 0 fully saturated rings. The minimum Gasteiger partial charge on any atom is -0.322 e. The van der Waals surface area contributed by atoms with Crippen LogP contribution in [0.25, 0.3) is 6.08 Å². The average Bonchev–Trinajstić information content (AvgIpc) is 2.53. The number of anilines is 2. The summed E-state index contributed by atoms with van der Waals surface area (Å²) in [6, 6.07) is 4.75.